The van der Waals surface area contributed by atoms with Crippen LogP contribution in [0.4, 0.5) is 5.69 Å². The molecule has 6 nitrogen and oxygen atoms in total. The van der Waals surface area contributed by atoms with Gasteiger partial charge in [-0.3, -0.25) is 14.4 Å². The molecule has 164 valence electrons. The number of hydrogen-bond donors (Lipinski definition) is 2. The van der Waals surface area contributed by atoms with E-state index in [-0.39, 0.29) is 23.2 Å². The van der Waals surface area contributed by atoms with Crippen molar-refractivity contribution in [2.45, 2.75) is 71.1 Å². The predicted molar refractivity (Wildman–Crippen MR) is 116 cm³/mol. The van der Waals surface area contributed by atoms with E-state index in [1.165, 1.54) is 0 Å². The lowest BCUT2D eigenvalue weighted by Gasteiger charge is -2.32. The molecule has 1 fully saturated rings. The average molecular weight is 415 g/mol. The molecule has 1 aromatic rings. The zero-order valence-electron chi connectivity index (χ0n) is 18.4. The number of benzene rings is 1. The second-order valence-corrected chi connectivity index (χ2v) is 9.31. The molecule has 1 aromatic carbocycles. The third-order valence-electron chi connectivity index (χ3n) is 6.47. The Labute approximate surface area is 179 Å². The molecule has 0 saturated heterocycles. The molecule has 2 amide bonds. The lowest BCUT2D eigenvalue weighted by Crippen LogP contribution is -2.34. The molecular formula is C24H34N2O4. The van der Waals surface area contributed by atoms with Gasteiger partial charge in [0.15, 0.2) is 0 Å². The number of esters is 1. The van der Waals surface area contributed by atoms with E-state index in [9.17, 15) is 14.4 Å². The van der Waals surface area contributed by atoms with E-state index in [0.29, 0.717) is 43.4 Å². The van der Waals surface area contributed by atoms with Crippen LogP contribution in [0.3, 0.4) is 0 Å². The number of nitrogens with one attached hydrogen (secondary N) is 2. The molecular weight excluding hydrogens is 380 g/mol. The van der Waals surface area contributed by atoms with Crippen LogP contribution >= 0.6 is 0 Å². The summed E-state index contributed by atoms with van der Waals surface area (Å²) in [6.07, 6.45) is 6.20. The van der Waals surface area contributed by atoms with Gasteiger partial charge in [-0.15, -0.1) is 0 Å². The van der Waals surface area contributed by atoms with Gasteiger partial charge in [-0.1, -0.05) is 26.7 Å². The van der Waals surface area contributed by atoms with Crippen molar-refractivity contribution in [1.82, 2.24) is 5.32 Å². The summed E-state index contributed by atoms with van der Waals surface area (Å²) >= 11 is 0. The van der Waals surface area contributed by atoms with Crippen LogP contribution in [0.2, 0.25) is 0 Å². The van der Waals surface area contributed by atoms with Crippen molar-refractivity contribution in [2.24, 2.45) is 11.8 Å². The van der Waals surface area contributed by atoms with E-state index in [4.69, 9.17) is 4.74 Å². The second-order valence-electron chi connectivity index (χ2n) is 9.31. The van der Waals surface area contributed by atoms with Gasteiger partial charge in [-0.2, -0.15) is 0 Å². The second kappa shape index (κ2) is 9.63. The number of ether oxygens (including phenoxy) is 1. The maximum Gasteiger partial charge on any atom is 0.305 e. The van der Waals surface area contributed by atoms with Gasteiger partial charge in [0.05, 0.1) is 6.61 Å². The first-order chi connectivity index (χ1) is 14.3. The summed E-state index contributed by atoms with van der Waals surface area (Å²) in [7, 11) is 0. The van der Waals surface area contributed by atoms with Crippen LogP contribution in [0, 0.1) is 11.8 Å². The van der Waals surface area contributed by atoms with Crippen molar-refractivity contribution < 1.29 is 19.1 Å². The highest BCUT2D eigenvalue weighted by molar-refractivity contribution is 5.98. The Hall–Kier alpha value is -2.37. The SMILES string of the molecule is CCOC(=O)CC[C@H]1CC[C@H](CNC(=O)c2ccc3c(c2)C(C)(C)CC(=O)N3)CC1. The summed E-state index contributed by atoms with van der Waals surface area (Å²) in [5.74, 6) is 0.928. The first-order valence-electron chi connectivity index (χ1n) is 11.2. The predicted octanol–water partition coefficient (Wildman–Crippen LogP) is 4.19. The topological polar surface area (TPSA) is 84.5 Å². The van der Waals surface area contributed by atoms with Gasteiger partial charge < -0.3 is 15.4 Å². The summed E-state index contributed by atoms with van der Waals surface area (Å²) in [5, 5.41) is 5.99. The molecule has 6 heteroatoms. The van der Waals surface area contributed by atoms with Crippen molar-refractivity contribution in [1.29, 1.82) is 0 Å². The first kappa shape index (κ1) is 22.3. The minimum atomic E-state index is -0.282. The van der Waals surface area contributed by atoms with Gasteiger partial charge in [-0.25, -0.2) is 0 Å². The maximum absolute atomic E-state index is 12.7. The normalized spacial score (nSPS) is 22.6. The highest BCUT2D eigenvalue weighted by Crippen LogP contribution is 2.37. The fraction of sp³-hybridized carbons (Fsp3) is 0.625. The largest absolute Gasteiger partial charge is 0.466 e. The molecule has 1 heterocycles. The van der Waals surface area contributed by atoms with Crippen LogP contribution in [-0.4, -0.2) is 30.9 Å². The lowest BCUT2D eigenvalue weighted by molar-refractivity contribution is -0.143. The van der Waals surface area contributed by atoms with Crippen LogP contribution in [0.5, 0.6) is 0 Å². The summed E-state index contributed by atoms with van der Waals surface area (Å²) in [6, 6.07) is 5.52. The molecule has 0 spiro atoms. The highest BCUT2D eigenvalue weighted by Gasteiger charge is 2.32. The number of carbonyl (C=O) groups is 3. The molecule has 30 heavy (non-hydrogen) atoms. The van der Waals surface area contributed by atoms with Crippen molar-refractivity contribution in [3.8, 4) is 0 Å². The van der Waals surface area contributed by atoms with Crippen molar-refractivity contribution in [3.05, 3.63) is 29.3 Å². The minimum absolute atomic E-state index is 0.0163. The standard InChI is InChI=1S/C24H34N2O4/c1-4-30-22(28)12-9-16-5-7-17(8-6-16)15-25-23(29)18-10-11-20-19(13-18)24(2,3)14-21(27)26-20/h10-11,13,16-17H,4-9,12,14-15H2,1-3H3,(H,25,29)(H,26,27)/t16-,17-. The van der Waals surface area contributed by atoms with Gasteiger partial charge in [0.2, 0.25) is 5.91 Å². The Kier molecular flexibility index (Phi) is 7.16. The molecule has 0 bridgehead atoms. The highest BCUT2D eigenvalue weighted by atomic mass is 16.5. The quantitative estimate of drug-likeness (QED) is 0.656. The first-order valence-corrected chi connectivity index (χ1v) is 11.2. The van der Waals surface area contributed by atoms with Gasteiger partial charge in [0.1, 0.15) is 0 Å². The monoisotopic (exact) mass is 414 g/mol. The zero-order valence-corrected chi connectivity index (χ0v) is 18.4. The van der Waals surface area contributed by atoms with E-state index in [1.807, 2.05) is 32.9 Å². The van der Waals surface area contributed by atoms with E-state index in [0.717, 1.165) is 43.4 Å². The minimum Gasteiger partial charge on any atom is -0.466 e. The van der Waals surface area contributed by atoms with Crippen LogP contribution in [0.25, 0.3) is 0 Å². The van der Waals surface area contributed by atoms with Gasteiger partial charge in [0, 0.05) is 36.1 Å². The van der Waals surface area contributed by atoms with Crippen molar-refractivity contribution >= 4 is 23.5 Å². The third-order valence-corrected chi connectivity index (χ3v) is 6.47. The van der Waals surface area contributed by atoms with Crippen molar-refractivity contribution in [3.63, 3.8) is 0 Å². The molecule has 1 saturated carbocycles. The van der Waals surface area contributed by atoms with E-state index in [2.05, 4.69) is 10.6 Å². The molecule has 3 rings (SSSR count). The molecule has 0 unspecified atom stereocenters. The van der Waals surface area contributed by atoms with Crippen LogP contribution in [-0.2, 0) is 19.7 Å². The number of fused-ring (bicyclic) bond motifs is 1. The van der Waals surface area contributed by atoms with Crippen LogP contribution in [0.1, 0.15) is 81.6 Å². The smallest absolute Gasteiger partial charge is 0.305 e. The Morgan fingerprint density at radius 3 is 2.57 bits per heavy atom. The van der Waals surface area contributed by atoms with E-state index >= 15 is 0 Å². The van der Waals surface area contributed by atoms with Gasteiger partial charge in [0.25, 0.3) is 5.91 Å². The summed E-state index contributed by atoms with van der Waals surface area (Å²) in [4.78, 5) is 36.1. The van der Waals surface area contributed by atoms with Gasteiger partial charge in [-0.05, 0) is 61.8 Å². The fourth-order valence-corrected chi connectivity index (χ4v) is 4.66. The molecule has 2 N–H and O–H groups in total. The molecule has 2 aliphatic rings. The van der Waals surface area contributed by atoms with Crippen LogP contribution in [0.15, 0.2) is 18.2 Å². The number of anilines is 1. The van der Waals surface area contributed by atoms with Crippen LogP contribution < -0.4 is 10.6 Å². The number of amides is 2. The lowest BCUT2D eigenvalue weighted by atomic mass is 9.77. The number of hydrogen-bond acceptors (Lipinski definition) is 4. The molecule has 1 aliphatic heterocycles. The Bertz CT molecular complexity index is 794. The Balaban J connectivity index is 1.47. The zero-order chi connectivity index (χ0) is 21.7. The molecule has 0 radical (unpaired) electrons. The summed E-state index contributed by atoms with van der Waals surface area (Å²) < 4.78 is 5.01. The van der Waals surface area contributed by atoms with E-state index in [1.54, 1.807) is 6.07 Å². The number of rotatable bonds is 7. The average Bonchev–Trinajstić information content (AvgIpc) is 2.70. The number of carbonyl (C=O) groups excluding carboxylic acids is 3. The van der Waals surface area contributed by atoms with E-state index < -0.39 is 0 Å². The summed E-state index contributed by atoms with van der Waals surface area (Å²) in [6.45, 7) is 7.03. The Morgan fingerprint density at radius 2 is 1.87 bits per heavy atom. The summed E-state index contributed by atoms with van der Waals surface area (Å²) in [5.41, 5.74) is 2.17. The molecule has 0 aromatic heterocycles. The fourth-order valence-electron chi connectivity index (χ4n) is 4.66. The third kappa shape index (κ3) is 5.61. The van der Waals surface area contributed by atoms with Crippen molar-refractivity contribution in [2.75, 3.05) is 18.5 Å². The Morgan fingerprint density at radius 1 is 1.17 bits per heavy atom. The maximum atomic E-state index is 12.7. The molecule has 1 aliphatic carbocycles. The van der Waals surface area contributed by atoms with Gasteiger partial charge >= 0.3 is 5.97 Å². The molecule has 0 atom stereocenters.